The van der Waals surface area contributed by atoms with Crippen molar-refractivity contribution in [3.05, 3.63) is 0 Å². The van der Waals surface area contributed by atoms with Crippen molar-refractivity contribution in [3.63, 3.8) is 0 Å². The van der Waals surface area contributed by atoms with E-state index in [4.69, 9.17) is 5.11 Å². The Hall–Kier alpha value is -0.570. The lowest BCUT2D eigenvalue weighted by Gasteiger charge is -2.15. The van der Waals surface area contributed by atoms with E-state index < -0.39 is 5.97 Å². The molecule has 2 unspecified atom stereocenters. The van der Waals surface area contributed by atoms with E-state index >= 15 is 0 Å². The van der Waals surface area contributed by atoms with E-state index in [9.17, 15) is 4.79 Å². The van der Waals surface area contributed by atoms with Gasteiger partial charge in [-0.15, -0.1) is 0 Å². The van der Waals surface area contributed by atoms with Crippen LogP contribution < -0.4 is 0 Å². The molecule has 0 saturated carbocycles. The lowest BCUT2D eigenvalue weighted by molar-refractivity contribution is -0.141. The number of hydrogen-bond acceptors (Lipinski definition) is 2. The van der Waals surface area contributed by atoms with Crippen LogP contribution in [0.15, 0.2) is 0 Å². The molecule has 1 heterocycles. The molecule has 1 N–H and O–H groups in total. The van der Waals surface area contributed by atoms with Crippen LogP contribution in [-0.2, 0) is 4.79 Å². The second-order valence-corrected chi connectivity index (χ2v) is 3.27. The predicted molar refractivity (Wildman–Crippen MR) is 42.5 cm³/mol. The number of nitrogens with zero attached hydrogens (tertiary/aromatic N) is 1. The second-order valence-electron chi connectivity index (χ2n) is 3.27. The van der Waals surface area contributed by atoms with E-state index in [1.807, 2.05) is 7.05 Å². The van der Waals surface area contributed by atoms with E-state index in [0.717, 1.165) is 12.8 Å². The Labute approximate surface area is 67.0 Å². The molecule has 0 aliphatic carbocycles. The van der Waals surface area contributed by atoms with Crippen molar-refractivity contribution in [1.29, 1.82) is 0 Å². The highest BCUT2D eigenvalue weighted by Gasteiger charge is 2.32. The average Bonchev–Trinajstić information content (AvgIpc) is 2.31. The predicted octanol–water partition coefficient (Wildman–Crippen LogP) is 0.801. The molecule has 1 saturated heterocycles. The SMILES string of the molecule is CCC1CC(C(=O)O)CN1C. The molecule has 0 aromatic rings. The van der Waals surface area contributed by atoms with Crippen LogP contribution in [0, 0.1) is 5.92 Å². The first kappa shape index (κ1) is 8.53. The fourth-order valence-corrected chi connectivity index (χ4v) is 1.74. The third-order valence-corrected chi connectivity index (χ3v) is 2.51. The standard InChI is InChI=1S/C8H15NO2/c1-3-7-4-6(8(10)11)5-9(7)2/h6-7H,3-5H2,1-2H3,(H,10,11). The third kappa shape index (κ3) is 1.71. The van der Waals surface area contributed by atoms with Gasteiger partial charge in [-0.1, -0.05) is 6.92 Å². The zero-order chi connectivity index (χ0) is 8.43. The van der Waals surface area contributed by atoms with Crippen LogP contribution in [-0.4, -0.2) is 35.6 Å². The molecule has 0 radical (unpaired) electrons. The van der Waals surface area contributed by atoms with Crippen LogP contribution in [0.25, 0.3) is 0 Å². The summed E-state index contributed by atoms with van der Waals surface area (Å²) in [7, 11) is 2.00. The van der Waals surface area contributed by atoms with Gasteiger partial charge in [0.1, 0.15) is 0 Å². The molecule has 0 aromatic carbocycles. The van der Waals surface area contributed by atoms with Gasteiger partial charge < -0.3 is 10.0 Å². The number of rotatable bonds is 2. The zero-order valence-electron chi connectivity index (χ0n) is 7.08. The molecule has 0 amide bonds. The minimum absolute atomic E-state index is 0.134. The van der Waals surface area contributed by atoms with Crippen LogP contribution in [0.4, 0.5) is 0 Å². The maximum Gasteiger partial charge on any atom is 0.307 e. The molecular formula is C8H15NO2. The van der Waals surface area contributed by atoms with E-state index in [0.29, 0.717) is 12.6 Å². The summed E-state index contributed by atoms with van der Waals surface area (Å²) >= 11 is 0. The van der Waals surface area contributed by atoms with Gasteiger partial charge in [0.25, 0.3) is 0 Å². The maximum atomic E-state index is 10.6. The van der Waals surface area contributed by atoms with E-state index in [-0.39, 0.29) is 5.92 Å². The summed E-state index contributed by atoms with van der Waals surface area (Å²) in [5.74, 6) is -0.780. The average molecular weight is 157 g/mol. The van der Waals surface area contributed by atoms with Crippen molar-refractivity contribution < 1.29 is 9.90 Å². The molecular weight excluding hydrogens is 142 g/mol. The molecule has 2 atom stereocenters. The molecule has 3 heteroatoms. The number of likely N-dealkylation sites (tertiary alicyclic amines) is 1. The number of carbonyl (C=O) groups is 1. The molecule has 1 aliphatic heterocycles. The van der Waals surface area contributed by atoms with Crippen LogP contribution in [0.5, 0.6) is 0 Å². The van der Waals surface area contributed by atoms with E-state index in [1.165, 1.54) is 0 Å². The fourth-order valence-electron chi connectivity index (χ4n) is 1.74. The second kappa shape index (κ2) is 3.22. The van der Waals surface area contributed by atoms with E-state index in [1.54, 1.807) is 0 Å². The van der Waals surface area contributed by atoms with Gasteiger partial charge >= 0.3 is 5.97 Å². The first-order chi connectivity index (χ1) is 5.15. The highest BCUT2D eigenvalue weighted by Crippen LogP contribution is 2.23. The van der Waals surface area contributed by atoms with Crippen LogP contribution in [0.2, 0.25) is 0 Å². The minimum atomic E-state index is -0.646. The van der Waals surface area contributed by atoms with Crippen molar-refractivity contribution in [2.45, 2.75) is 25.8 Å². The number of hydrogen-bond donors (Lipinski definition) is 1. The first-order valence-electron chi connectivity index (χ1n) is 4.08. The molecule has 0 spiro atoms. The molecule has 11 heavy (non-hydrogen) atoms. The highest BCUT2D eigenvalue weighted by atomic mass is 16.4. The van der Waals surface area contributed by atoms with Crippen molar-refractivity contribution in [2.75, 3.05) is 13.6 Å². The van der Waals surface area contributed by atoms with Gasteiger partial charge in [-0.25, -0.2) is 0 Å². The van der Waals surface area contributed by atoms with Gasteiger partial charge in [0, 0.05) is 12.6 Å². The Morgan fingerprint density at radius 1 is 1.73 bits per heavy atom. The molecule has 0 bridgehead atoms. The summed E-state index contributed by atoms with van der Waals surface area (Å²) in [4.78, 5) is 12.7. The van der Waals surface area contributed by atoms with Gasteiger partial charge in [-0.05, 0) is 19.9 Å². The molecule has 1 rings (SSSR count). The first-order valence-corrected chi connectivity index (χ1v) is 4.08. The summed E-state index contributed by atoms with van der Waals surface area (Å²) in [6.45, 7) is 2.82. The van der Waals surface area contributed by atoms with Gasteiger partial charge in [-0.3, -0.25) is 4.79 Å². The number of carboxylic acids is 1. The Kier molecular flexibility index (Phi) is 2.49. The summed E-state index contributed by atoms with van der Waals surface area (Å²) in [6, 6.07) is 0.482. The smallest absolute Gasteiger partial charge is 0.307 e. The van der Waals surface area contributed by atoms with Crippen LogP contribution >= 0.6 is 0 Å². The van der Waals surface area contributed by atoms with Crippen molar-refractivity contribution >= 4 is 5.97 Å². The van der Waals surface area contributed by atoms with Gasteiger partial charge in [-0.2, -0.15) is 0 Å². The highest BCUT2D eigenvalue weighted by molar-refractivity contribution is 5.70. The lowest BCUT2D eigenvalue weighted by atomic mass is 10.1. The van der Waals surface area contributed by atoms with Crippen LogP contribution in [0.3, 0.4) is 0 Å². The summed E-state index contributed by atoms with van der Waals surface area (Å²) in [6.07, 6.45) is 1.88. The van der Waals surface area contributed by atoms with Gasteiger partial charge in [0.05, 0.1) is 5.92 Å². The topological polar surface area (TPSA) is 40.5 Å². The van der Waals surface area contributed by atoms with Gasteiger partial charge in [0.15, 0.2) is 0 Å². The van der Waals surface area contributed by atoms with Crippen LogP contribution in [0.1, 0.15) is 19.8 Å². The van der Waals surface area contributed by atoms with E-state index in [2.05, 4.69) is 11.8 Å². The third-order valence-electron chi connectivity index (χ3n) is 2.51. The van der Waals surface area contributed by atoms with Crippen molar-refractivity contribution in [1.82, 2.24) is 4.90 Å². The number of carboxylic acid groups (broad SMARTS) is 1. The molecule has 1 aliphatic rings. The Bertz CT molecular complexity index is 158. The normalized spacial score (nSPS) is 32.5. The Morgan fingerprint density at radius 3 is 2.64 bits per heavy atom. The molecule has 64 valence electrons. The molecule has 0 aromatic heterocycles. The molecule has 1 fully saturated rings. The fraction of sp³-hybridized carbons (Fsp3) is 0.875. The molecule has 3 nitrogen and oxygen atoms in total. The summed E-state index contributed by atoms with van der Waals surface area (Å²) in [5.41, 5.74) is 0. The lowest BCUT2D eigenvalue weighted by Crippen LogP contribution is -2.24. The van der Waals surface area contributed by atoms with Gasteiger partial charge in [0.2, 0.25) is 0 Å². The Balaban J connectivity index is 2.49. The zero-order valence-corrected chi connectivity index (χ0v) is 7.08. The van der Waals surface area contributed by atoms with Crippen molar-refractivity contribution in [3.8, 4) is 0 Å². The quantitative estimate of drug-likeness (QED) is 0.644. The van der Waals surface area contributed by atoms with Crippen molar-refractivity contribution in [2.24, 2.45) is 5.92 Å². The number of aliphatic carboxylic acids is 1. The minimum Gasteiger partial charge on any atom is -0.481 e. The maximum absolute atomic E-state index is 10.6. The largest absolute Gasteiger partial charge is 0.481 e. The summed E-state index contributed by atoms with van der Waals surface area (Å²) < 4.78 is 0. The monoisotopic (exact) mass is 157 g/mol. The Morgan fingerprint density at radius 2 is 2.36 bits per heavy atom. The summed E-state index contributed by atoms with van der Waals surface area (Å²) in [5, 5.41) is 8.72.